The molecule has 2 fully saturated rings. The van der Waals surface area contributed by atoms with Gasteiger partial charge in [-0.3, -0.25) is 14.4 Å². The standard InChI is InChI=1S/C14H22N4O2/c1-10(2)18-11(3-5-15-18)7-17-6-4-13-12(8-17)16-14(19)9-20-13/h3,5,10,12-13H,4,6-9H2,1-2H3,(H,16,19)/t12-,13-/m0/s1. The molecule has 0 saturated carbocycles. The van der Waals surface area contributed by atoms with Gasteiger partial charge in [-0.05, 0) is 26.3 Å². The van der Waals surface area contributed by atoms with Gasteiger partial charge in [0.1, 0.15) is 6.61 Å². The quantitative estimate of drug-likeness (QED) is 0.877. The molecule has 1 aromatic heterocycles. The van der Waals surface area contributed by atoms with E-state index in [1.165, 1.54) is 5.69 Å². The van der Waals surface area contributed by atoms with Crippen LogP contribution in [0.1, 0.15) is 32.0 Å². The Bertz CT molecular complexity index is 485. The predicted molar refractivity (Wildman–Crippen MR) is 74.2 cm³/mol. The van der Waals surface area contributed by atoms with E-state index in [1.807, 2.05) is 6.20 Å². The molecule has 2 aliphatic heterocycles. The number of nitrogens with zero attached hydrogens (tertiary/aromatic N) is 3. The Balaban J connectivity index is 1.64. The van der Waals surface area contributed by atoms with Gasteiger partial charge < -0.3 is 10.1 Å². The van der Waals surface area contributed by atoms with E-state index >= 15 is 0 Å². The number of hydrogen-bond acceptors (Lipinski definition) is 4. The van der Waals surface area contributed by atoms with Gasteiger partial charge in [0, 0.05) is 31.9 Å². The number of rotatable bonds is 3. The first-order chi connectivity index (χ1) is 9.63. The number of ether oxygens (including phenoxy) is 1. The number of likely N-dealkylation sites (tertiary alicyclic amines) is 1. The van der Waals surface area contributed by atoms with Gasteiger partial charge in [-0.2, -0.15) is 5.10 Å². The Kier molecular flexibility index (Phi) is 3.76. The summed E-state index contributed by atoms with van der Waals surface area (Å²) < 4.78 is 7.64. The first kappa shape index (κ1) is 13.6. The fourth-order valence-electron chi connectivity index (χ4n) is 3.07. The van der Waals surface area contributed by atoms with Gasteiger partial charge in [-0.15, -0.1) is 0 Å². The van der Waals surface area contributed by atoms with Gasteiger partial charge in [0.25, 0.3) is 0 Å². The summed E-state index contributed by atoms with van der Waals surface area (Å²) in [4.78, 5) is 13.8. The van der Waals surface area contributed by atoms with Crippen LogP contribution in [0, 0.1) is 0 Å². The molecule has 2 saturated heterocycles. The molecule has 6 heteroatoms. The van der Waals surface area contributed by atoms with Crippen LogP contribution >= 0.6 is 0 Å². The average Bonchev–Trinajstić information content (AvgIpc) is 2.86. The van der Waals surface area contributed by atoms with Gasteiger partial charge in [-0.1, -0.05) is 0 Å². The molecule has 0 aliphatic carbocycles. The van der Waals surface area contributed by atoms with Crippen molar-refractivity contribution in [3.8, 4) is 0 Å². The van der Waals surface area contributed by atoms with Crippen molar-refractivity contribution in [2.75, 3.05) is 19.7 Å². The number of aromatic nitrogens is 2. The zero-order chi connectivity index (χ0) is 14.1. The number of nitrogens with one attached hydrogen (secondary N) is 1. The number of hydrogen-bond donors (Lipinski definition) is 1. The number of amides is 1. The minimum atomic E-state index is 0.000298. The molecule has 0 bridgehead atoms. The second-order valence-electron chi connectivity index (χ2n) is 5.91. The Morgan fingerprint density at radius 3 is 3.20 bits per heavy atom. The van der Waals surface area contributed by atoms with E-state index in [1.54, 1.807) is 0 Å². The van der Waals surface area contributed by atoms with Crippen molar-refractivity contribution >= 4 is 5.91 Å². The van der Waals surface area contributed by atoms with E-state index < -0.39 is 0 Å². The molecule has 3 heterocycles. The third-order valence-corrected chi connectivity index (χ3v) is 4.04. The van der Waals surface area contributed by atoms with Crippen LogP contribution in [0.25, 0.3) is 0 Å². The van der Waals surface area contributed by atoms with Gasteiger partial charge in [0.15, 0.2) is 0 Å². The van der Waals surface area contributed by atoms with Gasteiger partial charge in [0.05, 0.1) is 17.8 Å². The van der Waals surface area contributed by atoms with Crippen molar-refractivity contribution in [3.05, 3.63) is 18.0 Å². The van der Waals surface area contributed by atoms with Crippen LogP contribution in [0.5, 0.6) is 0 Å². The predicted octanol–water partition coefficient (Wildman–Crippen LogP) is 0.553. The summed E-state index contributed by atoms with van der Waals surface area (Å²) in [6.07, 6.45) is 3.01. The molecular weight excluding hydrogens is 256 g/mol. The molecule has 0 unspecified atom stereocenters. The first-order valence-electron chi connectivity index (χ1n) is 7.29. The summed E-state index contributed by atoms with van der Waals surface area (Å²) in [6.45, 7) is 7.20. The maximum Gasteiger partial charge on any atom is 0.246 e. The van der Waals surface area contributed by atoms with Crippen LogP contribution in [0.15, 0.2) is 12.3 Å². The Morgan fingerprint density at radius 2 is 2.40 bits per heavy atom. The molecule has 0 radical (unpaired) electrons. The lowest BCUT2D eigenvalue weighted by molar-refractivity contribution is -0.140. The molecule has 0 spiro atoms. The maximum atomic E-state index is 11.4. The topological polar surface area (TPSA) is 59.4 Å². The Hall–Kier alpha value is -1.40. The summed E-state index contributed by atoms with van der Waals surface area (Å²) in [5.41, 5.74) is 1.22. The maximum absolute atomic E-state index is 11.4. The lowest BCUT2D eigenvalue weighted by atomic mass is 10.0. The van der Waals surface area contributed by atoms with E-state index in [4.69, 9.17) is 4.74 Å². The molecular formula is C14H22N4O2. The third-order valence-electron chi connectivity index (χ3n) is 4.04. The molecule has 1 N–H and O–H groups in total. The Labute approximate surface area is 119 Å². The largest absolute Gasteiger partial charge is 0.366 e. The van der Waals surface area contributed by atoms with Crippen LogP contribution < -0.4 is 5.32 Å². The molecule has 2 atom stereocenters. The summed E-state index contributed by atoms with van der Waals surface area (Å²) in [6, 6.07) is 2.57. The molecule has 1 amide bonds. The number of piperidine rings is 1. The molecule has 110 valence electrons. The third kappa shape index (κ3) is 2.71. The van der Waals surface area contributed by atoms with Crippen molar-refractivity contribution in [1.29, 1.82) is 0 Å². The van der Waals surface area contributed by atoms with Crippen LogP contribution in [0.2, 0.25) is 0 Å². The van der Waals surface area contributed by atoms with E-state index in [0.717, 1.165) is 26.1 Å². The Morgan fingerprint density at radius 1 is 1.55 bits per heavy atom. The normalized spacial score (nSPS) is 27.4. The smallest absolute Gasteiger partial charge is 0.246 e. The molecule has 1 aromatic rings. The molecule has 3 rings (SSSR count). The summed E-state index contributed by atoms with van der Waals surface area (Å²) in [5.74, 6) is 0.000298. The van der Waals surface area contributed by atoms with E-state index in [2.05, 4.69) is 39.9 Å². The lowest BCUT2D eigenvalue weighted by Gasteiger charge is -2.41. The van der Waals surface area contributed by atoms with Gasteiger partial charge in [0.2, 0.25) is 5.91 Å². The number of carbonyl (C=O) groups excluding carboxylic acids is 1. The monoisotopic (exact) mass is 278 g/mol. The van der Waals surface area contributed by atoms with Crippen LogP contribution in [-0.2, 0) is 16.1 Å². The molecule has 2 aliphatic rings. The minimum absolute atomic E-state index is 0.000298. The lowest BCUT2D eigenvalue weighted by Crippen LogP contribution is -2.60. The fraction of sp³-hybridized carbons (Fsp3) is 0.714. The fourth-order valence-corrected chi connectivity index (χ4v) is 3.07. The first-order valence-corrected chi connectivity index (χ1v) is 7.29. The average molecular weight is 278 g/mol. The van der Waals surface area contributed by atoms with Gasteiger partial charge in [-0.25, -0.2) is 0 Å². The van der Waals surface area contributed by atoms with Crippen molar-refractivity contribution in [2.24, 2.45) is 0 Å². The van der Waals surface area contributed by atoms with Crippen molar-refractivity contribution in [3.63, 3.8) is 0 Å². The van der Waals surface area contributed by atoms with Crippen LogP contribution in [0.4, 0.5) is 0 Å². The van der Waals surface area contributed by atoms with Crippen molar-refractivity contribution in [1.82, 2.24) is 20.0 Å². The number of fused-ring (bicyclic) bond motifs is 1. The van der Waals surface area contributed by atoms with E-state index in [9.17, 15) is 4.79 Å². The van der Waals surface area contributed by atoms with Crippen molar-refractivity contribution < 1.29 is 9.53 Å². The van der Waals surface area contributed by atoms with Crippen molar-refractivity contribution in [2.45, 2.75) is 45.0 Å². The number of morpholine rings is 1. The highest BCUT2D eigenvalue weighted by Crippen LogP contribution is 2.20. The van der Waals surface area contributed by atoms with Crippen LogP contribution in [0.3, 0.4) is 0 Å². The van der Waals surface area contributed by atoms with E-state index in [0.29, 0.717) is 6.04 Å². The highest BCUT2D eigenvalue weighted by atomic mass is 16.5. The molecule has 20 heavy (non-hydrogen) atoms. The zero-order valence-electron chi connectivity index (χ0n) is 12.1. The molecule has 6 nitrogen and oxygen atoms in total. The summed E-state index contributed by atoms with van der Waals surface area (Å²) in [7, 11) is 0. The number of carbonyl (C=O) groups is 1. The highest BCUT2D eigenvalue weighted by Gasteiger charge is 2.34. The minimum Gasteiger partial charge on any atom is -0.366 e. The summed E-state index contributed by atoms with van der Waals surface area (Å²) >= 11 is 0. The van der Waals surface area contributed by atoms with Crippen LogP contribution in [-0.4, -0.2) is 52.4 Å². The second kappa shape index (κ2) is 5.54. The van der Waals surface area contributed by atoms with E-state index in [-0.39, 0.29) is 24.7 Å². The second-order valence-corrected chi connectivity index (χ2v) is 5.91. The SMILES string of the molecule is CC(C)n1nccc1CN1CC[C@@H]2OCC(=O)N[C@H]2C1. The summed E-state index contributed by atoms with van der Waals surface area (Å²) in [5, 5.41) is 7.41. The highest BCUT2D eigenvalue weighted by molar-refractivity contribution is 5.78. The van der Waals surface area contributed by atoms with Gasteiger partial charge >= 0.3 is 0 Å². The zero-order valence-corrected chi connectivity index (χ0v) is 12.1. The molecule has 0 aromatic carbocycles.